The quantitative estimate of drug-likeness (QED) is 0.483. The number of halogens is 1. The van der Waals surface area contributed by atoms with Gasteiger partial charge < -0.3 is 9.84 Å². The smallest absolute Gasteiger partial charge is 0.274 e. The van der Waals surface area contributed by atoms with Crippen LogP contribution in [0.1, 0.15) is 11.5 Å². The van der Waals surface area contributed by atoms with E-state index in [0.29, 0.717) is 24.4 Å². The maximum Gasteiger partial charge on any atom is 0.274 e. The zero-order valence-electron chi connectivity index (χ0n) is 9.88. The van der Waals surface area contributed by atoms with Crippen LogP contribution in [-0.2, 0) is 13.0 Å². The lowest BCUT2D eigenvalue weighted by Gasteiger charge is -2.04. The highest BCUT2D eigenvalue weighted by atomic mass is 19.1. The van der Waals surface area contributed by atoms with Crippen LogP contribution >= 0.6 is 0 Å². The molecule has 19 heavy (non-hydrogen) atoms. The Balaban J connectivity index is 1.91. The fourth-order valence-electron chi connectivity index (χ4n) is 1.60. The van der Waals surface area contributed by atoms with Crippen molar-refractivity contribution in [1.82, 2.24) is 15.5 Å². The van der Waals surface area contributed by atoms with Crippen molar-refractivity contribution in [1.29, 1.82) is 0 Å². The molecule has 0 aliphatic rings. The molecule has 0 spiro atoms. The molecule has 0 aliphatic heterocycles. The van der Waals surface area contributed by atoms with E-state index in [1.807, 2.05) is 0 Å². The summed E-state index contributed by atoms with van der Waals surface area (Å²) in [5, 5.41) is 17.2. The maximum atomic E-state index is 13.1. The van der Waals surface area contributed by atoms with Crippen molar-refractivity contribution >= 4 is 5.69 Å². The molecule has 1 aromatic heterocycles. The van der Waals surface area contributed by atoms with Crippen molar-refractivity contribution in [3.63, 3.8) is 0 Å². The summed E-state index contributed by atoms with van der Waals surface area (Å²) in [6, 6.07) is 3.38. The second-order valence-electron chi connectivity index (χ2n) is 3.79. The predicted octanol–water partition coefficient (Wildman–Crippen LogP) is 1.45. The Kier molecular flexibility index (Phi) is 4.14. The van der Waals surface area contributed by atoms with Gasteiger partial charge in [-0.1, -0.05) is 5.16 Å². The molecule has 0 unspecified atom stereocenters. The fraction of sp³-hybridized carbons (Fsp3) is 0.273. The molecular formula is C11H11FN4O3. The lowest BCUT2D eigenvalue weighted by molar-refractivity contribution is -0.385. The summed E-state index contributed by atoms with van der Waals surface area (Å²) in [7, 11) is 0. The molecule has 2 rings (SSSR count). The van der Waals surface area contributed by atoms with Crippen LogP contribution in [0.2, 0.25) is 0 Å². The van der Waals surface area contributed by atoms with Crippen LogP contribution in [0.4, 0.5) is 10.1 Å². The summed E-state index contributed by atoms with van der Waals surface area (Å²) in [4.78, 5) is 14.1. The first-order valence-electron chi connectivity index (χ1n) is 5.56. The number of aromatic nitrogens is 2. The highest BCUT2D eigenvalue weighted by Crippen LogP contribution is 2.19. The third-order valence-electron chi connectivity index (χ3n) is 2.48. The summed E-state index contributed by atoms with van der Waals surface area (Å²) < 4.78 is 17.9. The predicted molar refractivity (Wildman–Crippen MR) is 62.8 cm³/mol. The molecule has 2 aromatic rings. The molecule has 100 valence electrons. The number of nitro benzene ring substituents is 1. The van der Waals surface area contributed by atoms with Crippen LogP contribution in [0.5, 0.6) is 0 Å². The second-order valence-corrected chi connectivity index (χ2v) is 3.79. The van der Waals surface area contributed by atoms with E-state index < -0.39 is 10.7 Å². The zero-order valence-corrected chi connectivity index (χ0v) is 9.88. The number of benzene rings is 1. The SMILES string of the molecule is O=[N+]([O-])c1ccc(F)cc1CNCCc1ncno1. The first-order chi connectivity index (χ1) is 9.16. The van der Waals surface area contributed by atoms with Crippen LogP contribution in [0.15, 0.2) is 29.0 Å². The Morgan fingerprint density at radius 1 is 1.47 bits per heavy atom. The van der Waals surface area contributed by atoms with Gasteiger partial charge in [0.25, 0.3) is 5.69 Å². The lowest BCUT2D eigenvalue weighted by Crippen LogP contribution is -2.17. The minimum Gasteiger partial charge on any atom is -0.340 e. The van der Waals surface area contributed by atoms with Gasteiger partial charge in [0.15, 0.2) is 6.33 Å². The maximum absolute atomic E-state index is 13.1. The highest BCUT2D eigenvalue weighted by Gasteiger charge is 2.13. The molecule has 1 N–H and O–H groups in total. The van der Waals surface area contributed by atoms with Crippen molar-refractivity contribution in [3.05, 3.63) is 51.9 Å². The first-order valence-corrected chi connectivity index (χ1v) is 5.56. The fourth-order valence-corrected chi connectivity index (χ4v) is 1.60. The number of nitro groups is 1. The van der Waals surface area contributed by atoms with Gasteiger partial charge in [0, 0.05) is 31.1 Å². The molecule has 7 nitrogen and oxygen atoms in total. The molecule has 0 saturated heterocycles. The summed E-state index contributed by atoms with van der Waals surface area (Å²) in [5.74, 6) is -0.0273. The molecule has 8 heteroatoms. The highest BCUT2D eigenvalue weighted by molar-refractivity contribution is 5.40. The van der Waals surface area contributed by atoms with E-state index in [1.165, 1.54) is 6.33 Å². The zero-order chi connectivity index (χ0) is 13.7. The molecule has 1 heterocycles. The Morgan fingerprint density at radius 3 is 3.00 bits per heavy atom. The number of nitrogens with zero attached hydrogens (tertiary/aromatic N) is 3. The molecule has 0 aliphatic carbocycles. The van der Waals surface area contributed by atoms with E-state index in [9.17, 15) is 14.5 Å². The Morgan fingerprint density at radius 2 is 2.32 bits per heavy atom. The third kappa shape index (κ3) is 3.55. The average molecular weight is 266 g/mol. The largest absolute Gasteiger partial charge is 0.340 e. The standard InChI is InChI=1S/C11H11FN4O3/c12-9-1-2-10(16(17)18)8(5-9)6-13-4-3-11-14-7-15-19-11/h1-2,5,7,13H,3-4,6H2. The van der Waals surface area contributed by atoms with Crippen LogP contribution in [0.25, 0.3) is 0 Å². The molecule has 0 atom stereocenters. The van der Waals surface area contributed by atoms with Gasteiger partial charge in [0.1, 0.15) is 5.82 Å². The van der Waals surface area contributed by atoms with Gasteiger partial charge in [0.05, 0.1) is 4.92 Å². The van der Waals surface area contributed by atoms with Crippen molar-refractivity contribution in [2.45, 2.75) is 13.0 Å². The number of hydrogen-bond donors (Lipinski definition) is 1. The van der Waals surface area contributed by atoms with Gasteiger partial charge in [0.2, 0.25) is 5.89 Å². The van der Waals surface area contributed by atoms with Crippen LogP contribution in [-0.4, -0.2) is 21.6 Å². The van der Waals surface area contributed by atoms with Gasteiger partial charge in [-0.2, -0.15) is 4.98 Å². The van der Waals surface area contributed by atoms with Gasteiger partial charge in [-0.15, -0.1) is 0 Å². The summed E-state index contributed by atoms with van der Waals surface area (Å²) in [6.07, 6.45) is 1.80. The Hall–Kier alpha value is -2.35. The van der Waals surface area contributed by atoms with E-state index in [1.54, 1.807) is 0 Å². The number of nitrogens with one attached hydrogen (secondary N) is 1. The molecule has 0 amide bonds. The average Bonchev–Trinajstić information content (AvgIpc) is 2.87. The minimum absolute atomic E-state index is 0.105. The van der Waals surface area contributed by atoms with Gasteiger partial charge >= 0.3 is 0 Å². The number of hydrogen-bond acceptors (Lipinski definition) is 6. The molecule has 0 fully saturated rings. The van der Waals surface area contributed by atoms with Crippen LogP contribution in [0, 0.1) is 15.9 Å². The Labute approximate surface area is 107 Å². The van der Waals surface area contributed by atoms with Gasteiger partial charge in [-0.3, -0.25) is 10.1 Å². The monoisotopic (exact) mass is 266 g/mol. The van der Waals surface area contributed by atoms with E-state index in [-0.39, 0.29) is 12.2 Å². The topological polar surface area (TPSA) is 94.1 Å². The summed E-state index contributed by atoms with van der Waals surface area (Å²) >= 11 is 0. The van der Waals surface area contributed by atoms with Gasteiger partial charge in [-0.25, -0.2) is 4.39 Å². The van der Waals surface area contributed by atoms with E-state index >= 15 is 0 Å². The molecule has 1 aromatic carbocycles. The van der Waals surface area contributed by atoms with Crippen molar-refractivity contribution < 1.29 is 13.8 Å². The van der Waals surface area contributed by atoms with E-state index in [4.69, 9.17) is 4.52 Å². The summed E-state index contributed by atoms with van der Waals surface area (Å²) in [6.45, 7) is 0.693. The minimum atomic E-state index is -0.533. The third-order valence-corrected chi connectivity index (χ3v) is 2.48. The van der Waals surface area contributed by atoms with Crippen molar-refractivity contribution in [2.75, 3.05) is 6.54 Å². The Bertz CT molecular complexity index is 559. The van der Waals surface area contributed by atoms with Crippen LogP contribution < -0.4 is 5.32 Å². The number of rotatable bonds is 6. The van der Waals surface area contributed by atoms with Crippen molar-refractivity contribution in [3.8, 4) is 0 Å². The molecule has 0 radical (unpaired) electrons. The van der Waals surface area contributed by atoms with E-state index in [2.05, 4.69) is 15.5 Å². The normalized spacial score (nSPS) is 10.6. The summed E-state index contributed by atoms with van der Waals surface area (Å²) in [5.41, 5.74) is 0.196. The van der Waals surface area contributed by atoms with E-state index in [0.717, 1.165) is 18.2 Å². The second kappa shape index (κ2) is 6.01. The lowest BCUT2D eigenvalue weighted by atomic mass is 10.1. The van der Waals surface area contributed by atoms with Crippen LogP contribution in [0.3, 0.4) is 0 Å². The molecule has 0 saturated carbocycles. The molecule has 0 bridgehead atoms. The first kappa shape index (κ1) is 13.1. The van der Waals surface area contributed by atoms with Crippen molar-refractivity contribution in [2.24, 2.45) is 0 Å². The molecular weight excluding hydrogens is 255 g/mol. The van der Waals surface area contributed by atoms with Gasteiger partial charge in [-0.05, 0) is 12.1 Å².